The minimum absolute atomic E-state index is 0.00765. The number of aromatic amines is 3. The average Bonchev–Trinajstić information content (AvgIpc) is 3.62. The van der Waals surface area contributed by atoms with Gasteiger partial charge in [-0.15, -0.1) is 0 Å². The quantitative estimate of drug-likeness (QED) is 0.223. The van der Waals surface area contributed by atoms with Crippen LogP contribution in [0, 0.1) is 39.0 Å². The molecule has 0 spiro atoms. The summed E-state index contributed by atoms with van der Waals surface area (Å²) in [7, 11) is 0. The Morgan fingerprint density at radius 1 is 0.711 bits per heavy atom. The molecule has 0 aromatic carbocycles. The van der Waals surface area contributed by atoms with Gasteiger partial charge in [0.1, 0.15) is 0 Å². The monoisotopic (exact) mass is 606 g/mol. The lowest BCUT2D eigenvalue weighted by molar-refractivity contribution is -0.138. The molecule has 6 rings (SSSR count). The van der Waals surface area contributed by atoms with Crippen molar-refractivity contribution in [1.29, 1.82) is 0 Å². The molecule has 3 aliphatic rings. The van der Waals surface area contributed by atoms with E-state index in [2.05, 4.69) is 85.3 Å². The van der Waals surface area contributed by atoms with Crippen molar-refractivity contribution in [3.8, 4) is 0 Å². The topological polar surface area (TPSA) is 134 Å². The van der Waals surface area contributed by atoms with Gasteiger partial charge in [-0.05, 0) is 124 Å². The molecule has 0 radical (unpaired) electrons. The lowest BCUT2D eigenvalue weighted by Gasteiger charge is -2.36. The molecule has 5 heterocycles. The summed E-state index contributed by atoms with van der Waals surface area (Å²) in [5, 5.41) is 24.6. The number of rotatable bonds is 6. The molecular formula is C37H42N4O4. The van der Waals surface area contributed by atoms with Crippen LogP contribution in [0.2, 0.25) is 0 Å². The molecule has 3 aromatic heterocycles. The van der Waals surface area contributed by atoms with Gasteiger partial charge < -0.3 is 30.5 Å². The van der Waals surface area contributed by atoms with Crippen molar-refractivity contribution in [3.05, 3.63) is 102 Å². The van der Waals surface area contributed by atoms with Crippen LogP contribution in [0.25, 0.3) is 24.3 Å². The highest BCUT2D eigenvalue weighted by Crippen LogP contribution is 2.54. The molecule has 2 unspecified atom stereocenters. The Bertz CT molecular complexity index is 2020. The number of hydrogen-bond donors (Lipinski definition) is 6. The van der Waals surface area contributed by atoms with Crippen LogP contribution in [0.15, 0.2) is 34.7 Å². The summed E-state index contributed by atoms with van der Waals surface area (Å²) in [5.41, 5.74) is 14.4. The molecule has 0 amide bonds. The van der Waals surface area contributed by atoms with Crippen molar-refractivity contribution in [1.82, 2.24) is 20.3 Å². The maximum absolute atomic E-state index is 11.7. The van der Waals surface area contributed by atoms with Gasteiger partial charge in [-0.3, -0.25) is 9.59 Å². The molecule has 8 heteroatoms. The van der Waals surface area contributed by atoms with Crippen LogP contribution < -0.4 is 16.0 Å². The Labute approximate surface area is 263 Å². The first kappa shape index (κ1) is 30.3. The van der Waals surface area contributed by atoms with E-state index in [4.69, 9.17) is 0 Å². The Balaban J connectivity index is 1.69. The van der Waals surface area contributed by atoms with Gasteiger partial charge in [0.15, 0.2) is 0 Å². The molecule has 2 aliphatic heterocycles. The van der Waals surface area contributed by atoms with Gasteiger partial charge in [0, 0.05) is 63.1 Å². The van der Waals surface area contributed by atoms with Crippen molar-refractivity contribution >= 4 is 36.2 Å². The molecule has 3 aromatic rings. The lowest BCUT2D eigenvalue weighted by Crippen LogP contribution is -2.30. The zero-order chi connectivity index (χ0) is 32.4. The van der Waals surface area contributed by atoms with Crippen molar-refractivity contribution in [3.63, 3.8) is 0 Å². The van der Waals surface area contributed by atoms with Crippen LogP contribution in [-0.2, 0) is 22.4 Å². The number of carboxylic acid groups (broad SMARTS) is 2. The van der Waals surface area contributed by atoms with E-state index in [1.165, 1.54) is 16.7 Å². The zero-order valence-electron chi connectivity index (χ0n) is 27.1. The van der Waals surface area contributed by atoms with E-state index >= 15 is 0 Å². The van der Waals surface area contributed by atoms with E-state index in [-0.39, 0.29) is 24.2 Å². The van der Waals surface area contributed by atoms with Crippen LogP contribution in [-0.4, -0.2) is 37.1 Å². The van der Waals surface area contributed by atoms with Crippen LogP contribution in [0.5, 0.6) is 0 Å². The van der Waals surface area contributed by atoms with Crippen molar-refractivity contribution in [2.24, 2.45) is 11.3 Å². The van der Waals surface area contributed by atoms with Gasteiger partial charge in [-0.2, -0.15) is 0 Å². The van der Waals surface area contributed by atoms with Crippen LogP contribution in [0.1, 0.15) is 89.8 Å². The highest BCUT2D eigenvalue weighted by atomic mass is 16.4. The van der Waals surface area contributed by atoms with Crippen LogP contribution in [0.4, 0.5) is 0 Å². The van der Waals surface area contributed by atoms with E-state index in [1.807, 2.05) is 19.9 Å². The largest absolute Gasteiger partial charge is 0.481 e. The minimum atomic E-state index is -0.850. The second kappa shape index (κ2) is 11.0. The lowest BCUT2D eigenvalue weighted by atomic mass is 9.66. The fourth-order valence-corrected chi connectivity index (χ4v) is 7.21. The Morgan fingerprint density at radius 3 is 1.96 bits per heavy atom. The smallest absolute Gasteiger partial charge is 0.303 e. The van der Waals surface area contributed by atoms with Crippen molar-refractivity contribution in [2.45, 2.75) is 74.1 Å². The number of fused-ring (bicyclic) bond motifs is 11. The first-order valence-electron chi connectivity index (χ1n) is 15.6. The van der Waals surface area contributed by atoms with Crippen molar-refractivity contribution < 1.29 is 19.8 Å². The number of carboxylic acids is 2. The number of aliphatic carboxylic acids is 2. The average molecular weight is 607 g/mol. The minimum Gasteiger partial charge on any atom is -0.481 e. The summed E-state index contributed by atoms with van der Waals surface area (Å²) in [6, 6.07) is 0. The second-order valence-corrected chi connectivity index (χ2v) is 13.0. The zero-order valence-corrected chi connectivity index (χ0v) is 27.1. The molecule has 1 saturated heterocycles. The third-order valence-corrected chi connectivity index (χ3v) is 10.6. The van der Waals surface area contributed by atoms with Gasteiger partial charge in [0.2, 0.25) is 0 Å². The van der Waals surface area contributed by atoms with Gasteiger partial charge in [0.25, 0.3) is 0 Å². The number of aromatic nitrogens is 3. The first-order chi connectivity index (χ1) is 21.3. The molecule has 1 fully saturated rings. The second-order valence-electron chi connectivity index (χ2n) is 13.0. The molecule has 45 heavy (non-hydrogen) atoms. The molecule has 1 aliphatic carbocycles. The summed E-state index contributed by atoms with van der Waals surface area (Å²) >= 11 is 0. The molecule has 2 atom stereocenters. The van der Waals surface area contributed by atoms with Crippen LogP contribution in [0.3, 0.4) is 0 Å². The Morgan fingerprint density at radius 2 is 1.29 bits per heavy atom. The SMILES string of the molecule is CC1=CC=C2C3=Cc4[nH]c(c(CCC(=O)O)c4C)C=c4[nH]c(c(C)c4CCC(=O)O)=Cc4[nH]c(c(C)c4C)C=C(N3)C2(C)C1C. The summed E-state index contributed by atoms with van der Waals surface area (Å²) in [5.74, 6) is -1.43. The predicted octanol–water partition coefficient (Wildman–Crippen LogP) is 5.42. The number of allylic oxidation sites excluding steroid dienone is 5. The Kier molecular flexibility index (Phi) is 7.42. The summed E-state index contributed by atoms with van der Waals surface area (Å²) in [6.45, 7) is 15.1. The first-order valence-corrected chi connectivity index (χ1v) is 15.6. The normalized spacial score (nSPS) is 20.2. The number of nitrogens with one attached hydrogen (secondary N) is 4. The number of carbonyl (C=O) groups is 2. The van der Waals surface area contributed by atoms with Gasteiger partial charge >= 0.3 is 11.9 Å². The molecule has 234 valence electrons. The molecule has 6 N–H and O–H groups in total. The molecular weight excluding hydrogens is 564 g/mol. The van der Waals surface area contributed by atoms with Gasteiger partial charge in [0.05, 0.1) is 0 Å². The highest BCUT2D eigenvalue weighted by molar-refractivity contribution is 5.74. The highest BCUT2D eigenvalue weighted by Gasteiger charge is 2.47. The summed E-state index contributed by atoms with van der Waals surface area (Å²) in [4.78, 5) is 34.1. The fraction of sp³-hybridized carbons (Fsp3) is 0.351. The fourth-order valence-electron chi connectivity index (χ4n) is 7.21. The number of hydrogen-bond acceptors (Lipinski definition) is 3. The molecule has 0 saturated carbocycles. The summed E-state index contributed by atoms with van der Waals surface area (Å²) < 4.78 is 0. The maximum Gasteiger partial charge on any atom is 0.303 e. The molecule has 8 bridgehead atoms. The number of H-pyrrole nitrogens is 3. The third-order valence-electron chi connectivity index (χ3n) is 10.6. The third kappa shape index (κ3) is 5.02. The van der Waals surface area contributed by atoms with Gasteiger partial charge in [-0.1, -0.05) is 24.6 Å². The van der Waals surface area contributed by atoms with Crippen molar-refractivity contribution in [2.75, 3.05) is 0 Å². The maximum atomic E-state index is 11.7. The van der Waals surface area contributed by atoms with Gasteiger partial charge in [-0.25, -0.2) is 0 Å². The van der Waals surface area contributed by atoms with E-state index in [0.717, 1.165) is 72.7 Å². The standard InChI is InChI=1S/C37H42N4O4/c1-18-8-11-26-33-15-29-22(5)25(10-13-36(44)45)32(40-29)16-31-24(9-12-35(42)43)21(4)28(39-31)14-27-19(2)20(3)30(38-27)17-34(41-33)37(26,7)23(18)6/h8,11,14-17,23,38-41H,9-10,12-13H2,1-7H3,(H,42,43)(H,44,45). The van der Waals surface area contributed by atoms with E-state index < -0.39 is 11.9 Å². The van der Waals surface area contributed by atoms with E-state index in [0.29, 0.717) is 12.8 Å². The molecule has 8 nitrogen and oxygen atoms in total. The van der Waals surface area contributed by atoms with E-state index in [1.54, 1.807) is 0 Å². The van der Waals surface area contributed by atoms with Crippen LogP contribution >= 0.6 is 0 Å². The predicted molar refractivity (Wildman–Crippen MR) is 178 cm³/mol. The Hall–Kier alpha value is -4.72. The summed E-state index contributed by atoms with van der Waals surface area (Å²) in [6.07, 6.45) is 13.7. The van der Waals surface area contributed by atoms with E-state index in [9.17, 15) is 19.8 Å².